The van der Waals surface area contributed by atoms with Crippen molar-refractivity contribution < 1.29 is 41.6 Å². The predicted molar refractivity (Wildman–Crippen MR) is 84.2 cm³/mol. The van der Waals surface area contributed by atoms with Crippen LogP contribution in [-0.4, -0.2) is 29.5 Å². The highest BCUT2D eigenvalue weighted by Crippen LogP contribution is 2.40. The zero-order valence-corrected chi connectivity index (χ0v) is 13.7. The van der Waals surface area contributed by atoms with Crippen LogP contribution in [0.2, 0.25) is 0 Å². The van der Waals surface area contributed by atoms with Gasteiger partial charge in [-0.15, -0.1) is 0 Å². The number of halogens is 1. The molecule has 126 valence electrons. The number of phenols is 2. The van der Waals surface area contributed by atoms with E-state index in [1.54, 1.807) is 12.1 Å². The lowest BCUT2D eigenvalue weighted by molar-refractivity contribution is -0.00000838. The van der Waals surface area contributed by atoms with E-state index < -0.39 is 0 Å². The first-order valence-electron chi connectivity index (χ1n) is 6.77. The Morgan fingerprint density at radius 3 is 2.21 bits per heavy atom. The number of rotatable bonds is 3. The lowest BCUT2D eigenvalue weighted by atomic mass is 10.1. The minimum absolute atomic E-state index is 0. The molecule has 0 unspecified atom stereocenters. The van der Waals surface area contributed by atoms with E-state index in [0.717, 1.165) is 0 Å². The Bertz CT molecular complexity index is 894. The summed E-state index contributed by atoms with van der Waals surface area (Å²) in [5, 5.41) is 29.8. The average molecular weight is 351 g/mol. The fourth-order valence-electron chi connectivity index (χ4n) is 2.33. The first kappa shape index (κ1) is 17.5. The number of benzene rings is 2. The lowest BCUT2D eigenvalue weighted by Gasteiger charge is -2.05. The largest absolute Gasteiger partial charge is 1.00 e. The van der Waals surface area contributed by atoms with Gasteiger partial charge < -0.3 is 37.2 Å². The fourth-order valence-corrected chi connectivity index (χ4v) is 2.33. The van der Waals surface area contributed by atoms with E-state index in [0.29, 0.717) is 28.0 Å². The monoisotopic (exact) mass is 350 g/mol. The van der Waals surface area contributed by atoms with Gasteiger partial charge in [0.05, 0.1) is 25.8 Å². The standard InChI is InChI=1S/C17H14O6.ClH/c1-21-10-6-15(22-2)11-8-14(20)17(23-16(11)7-10)9-3-4-12(18)13(19)5-9;/h3-8H,1-2H3,(H2-,18,19,20);1H. The van der Waals surface area contributed by atoms with Crippen molar-refractivity contribution in [1.29, 1.82) is 0 Å². The molecule has 2 aromatic carbocycles. The second-order valence-electron chi connectivity index (χ2n) is 4.91. The van der Waals surface area contributed by atoms with E-state index in [1.165, 1.54) is 38.5 Å². The molecule has 0 saturated heterocycles. The molecule has 0 saturated carbocycles. The molecular weight excluding hydrogens is 336 g/mol. The van der Waals surface area contributed by atoms with Gasteiger partial charge in [-0.25, -0.2) is 4.42 Å². The van der Waals surface area contributed by atoms with Gasteiger partial charge in [0, 0.05) is 18.2 Å². The lowest BCUT2D eigenvalue weighted by Crippen LogP contribution is -3.00. The van der Waals surface area contributed by atoms with E-state index in [2.05, 4.69) is 0 Å². The highest BCUT2D eigenvalue weighted by atomic mass is 35.5. The summed E-state index contributed by atoms with van der Waals surface area (Å²) in [6.45, 7) is 0. The molecule has 3 N–H and O–H groups in total. The van der Waals surface area contributed by atoms with Crippen LogP contribution in [-0.2, 0) is 0 Å². The Kier molecular flexibility index (Phi) is 4.90. The van der Waals surface area contributed by atoms with Gasteiger partial charge >= 0.3 is 11.3 Å². The molecule has 0 aliphatic heterocycles. The molecule has 1 heterocycles. The summed E-state index contributed by atoms with van der Waals surface area (Å²) in [5.74, 6) is 0.522. The minimum atomic E-state index is -0.305. The molecule has 0 fully saturated rings. The maximum atomic E-state index is 10.2. The smallest absolute Gasteiger partial charge is 0.402 e. The molecule has 1 aromatic heterocycles. The topological polar surface area (TPSA) is 90.5 Å². The zero-order chi connectivity index (χ0) is 16.6. The van der Waals surface area contributed by atoms with Crippen LogP contribution in [0.3, 0.4) is 0 Å². The number of ether oxygens (including phenoxy) is 2. The molecule has 0 aliphatic rings. The van der Waals surface area contributed by atoms with Crippen molar-refractivity contribution in [2.24, 2.45) is 0 Å². The van der Waals surface area contributed by atoms with Gasteiger partial charge in [-0.3, -0.25) is 0 Å². The molecule has 3 rings (SSSR count). The molecule has 24 heavy (non-hydrogen) atoms. The Labute approximate surface area is 143 Å². The molecule has 0 radical (unpaired) electrons. The third kappa shape index (κ3) is 2.96. The zero-order valence-electron chi connectivity index (χ0n) is 12.9. The number of hydrogen-bond donors (Lipinski definition) is 3. The average Bonchev–Trinajstić information content (AvgIpc) is 2.56. The van der Waals surface area contributed by atoms with E-state index in [-0.39, 0.29) is 35.4 Å². The Hall–Kier alpha value is -2.86. The Morgan fingerprint density at radius 1 is 0.833 bits per heavy atom. The molecule has 0 aliphatic carbocycles. The van der Waals surface area contributed by atoms with Gasteiger partial charge in [-0.2, -0.15) is 0 Å². The first-order chi connectivity index (χ1) is 11.0. The van der Waals surface area contributed by atoms with Crippen molar-refractivity contribution in [2.45, 2.75) is 0 Å². The molecule has 3 aromatic rings. The number of methoxy groups -OCH3 is 2. The molecule has 6 nitrogen and oxygen atoms in total. The van der Waals surface area contributed by atoms with Crippen LogP contribution >= 0.6 is 0 Å². The van der Waals surface area contributed by atoms with Crippen LogP contribution < -0.4 is 21.9 Å². The molecule has 0 spiro atoms. The van der Waals surface area contributed by atoms with E-state index in [9.17, 15) is 15.3 Å². The van der Waals surface area contributed by atoms with Crippen molar-refractivity contribution in [1.82, 2.24) is 0 Å². The van der Waals surface area contributed by atoms with Gasteiger partial charge in [0.1, 0.15) is 16.9 Å². The van der Waals surface area contributed by atoms with E-state index >= 15 is 0 Å². The summed E-state index contributed by atoms with van der Waals surface area (Å²) in [4.78, 5) is 0. The summed E-state index contributed by atoms with van der Waals surface area (Å²) in [5.41, 5.74) is 0.864. The molecule has 7 heteroatoms. The third-order valence-corrected chi connectivity index (χ3v) is 3.50. The quantitative estimate of drug-likeness (QED) is 0.471. The highest BCUT2D eigenvalue weighted by molar-refractivity contribution is 5.88. The van der Waals surface area contributed by atoms with Crippen LogP contribution in [0.25, 0.3) is 22.3 Å². The maximum Gasteiger partial charge on any atom is 0.402 e. The minimum Gasteiger partial charge on any atom is -1.00 e. The summed E-state index contributed by atoms with van der Waals surface area (Å²) in [6, 6.07) is 9.00. The molecule has 0 amide bonds. The number of hydrogen-bond acceptors (Lipinski definition) is 5. The van der Waals surface area contributed by atoms with Gasteiger partial charge in [-0.05, 0) is 12.1 Å². The third-order valence-electron chi connectivity index (χ3n) is 3.50. The van der Waals surface area contributed by atoms with Gasteiger partial charge in [0.25, 0.3) is 0 Å². The van der Waals surface area contributed by atoms with Crippen molar-refractivity contribution >= 4 is 11.0 Å². The van der Waals surface area contributed by atoms with Crippen LogP contribution in [0.4, 0.5) is 0 Å². The maximum absolute atomic E-state index is 10.2. The van der Waals surface area contributed by atoms with Crippen molar-refractivity contribution in [3.8, 4) is 40.1 Å². The van der Waals surface area contributed by atoms with Crippen molar-refractivity contribution in [3.05, 3.63) is 36.4 Å². The second kappa shape index (κ2) is 6.72. The number of phenolic OH excluding ortho intramolecular Hbond substituents is 2. The van der Waals surface area contributed by atoms with Gasteiger partial charge in [-0.1, -0.05) is 0 Å². The molecule has 0 bridgehead atoms. The predicted octanol–water partition coefficient (Wildman–Crippen LogP) is 0.519. The van der Waals surface area contributed by atoms with Crippen molar-refractivity contribution in [2.75, 3.05) is 14.2 Å². The molecular formula is C17H15ClO6. The SMILES string of the molecule is COc1cc(OC)c2cc(O)c(-c3ccc(O)c(O)c3)[o+]c2c1.[Cl-]. The van der Waals surface area contributed by atoms with Crippen LogP contribution in [0, 0.1) is 0 Å². The number of aromatic hydroxyl groups is 3. The van der Waals surface area contributed by atoms with Gasteiger partial charge in [0.2, 0.25) is 5.75 Å². The summed E-state index contributed by atoms with van der Waals surface area (Å²) in [6.07, 6.45) is 0. The highest BCUT2D eigenvalue weighted by Gasteiger charge is 2.25. The summed E-state index contributed by atoms with van der Waals surface area (Å²) >= 11 is 0. The van der Waals surface area contributed by atoms with E-state index in [4.69, 9.17) is 13.9 Å². The second-order valence-corrected chi connectivity index (χ2v) is 4.91. The van der Waals surface area contributed by atoms with Crippen LogP contribution in [0.1, 0.15) is 0 Å². The van der Waals surface area contributed by atoms with Crippen molar-refractivity contribution in [3.63, 3.8) is 0 Å². The fraction of sp³-hybridized carbons (Fsp3) is 0.118. The van der Waals surface area contributed by atoms with Gasteiger partial charge in [0.15, 0.2) is 11.5 Å². The van der Waals surface area contributed by atoms with Crippen LogP contribution in [0.15, 0.2) is 40.8 Å². The molecule has 0 atom stereocenters. The van der Waals surface area contributed by atoms with E-state index in [1.807, 2.05) is 0 Å². The summed E-state index contributed by atoms with van der Waals surface area (Å²) in [7, 11) is 3.04. The first-order valence-corrected chi connectivity index (χ1v) is 6.77. The normalized spacial score (nSPS) is 10.2. The van der Waals surface area contributed by atoms with Crippen LogP contribution in [0.5, 0.6) is 28.7 Å². The Balaban J connectivity index is 0.00000208. The summed E-state index contributed by atoms with van der Waals surface area (Å²) < 4.78 is 16.2. The number of fused-ring (bicyclic) bond motifs is 1. The Morgan fingerprint density at radius 2 is 1.58 bits per heavy atom.